The lowest BCUT2D eigenvalue weighted by Gasteiger charge is -2.11. The molecular formula is C10H16N2OS. The number of rotatable bonds is 4. The van der Waals surface area contributed by atoms with Crippen molar-refractivity contribution in [2.24, 2.45) is 5.92 Å². The maximum Gasteiger partial charge on any atom is 0.145 e. The van der Waals surface area contributed by atoms with Gasteiger partial charge in [0.15, 0.2) is 0 Å². The molecule has 0 radical (unpaired) electrons. The van der Waals surface area contributed by atoms with E-state index in [-0.39, 0.29) is 6.10 Å². The Labute approximate surface area is 88.4 Å². The van der Waals surface area contributed by atoms with Crippen LogP contribution in [0, 0.1) is 5.92 Å². The normalized spacial score (nSPS) is 18.9. The average molecular weight is 212 g/mol. The Hall–Kier alpha value is -0.480. The molecule has 14 heavy (non-hydrogen) atoms. The van der Waals surface area contributed by atoms with Crippen LogP contribution in [0.5, 0.6) is 0 Å². The van der Waals surface area contributed by atoms with Crippen LogP contribution in [0.2, 0.25) is 0 Å². The van der Waals surface area contributed by atoms with Crippen molar-refractivity contribution >= 4 is 11.5 Å². The van der Waals surface area contributed by atoms with Crippen molar-refractivity contribution in [2.45, 2.75) is 45.1 Å². The van der Waals surface area contributed by atoms with Gasteiger partial charge in [-0.1, -0.05) is 13.8 Å². The van der Waals surface area contributed by atoms with Crippen LogP contribution in [-0.4, -0.2) is 20.6 Å². The van der Waals surface area contributed by atoms with Crippen molar-refractivity contribution in [3.05, 3.63) is 10.8 Å². The summed E-state index contributed by atoms with van der Waals surface area (Å²) in [5.74, 6) is 1.92. The van der Waals surface area contributed by atoms with Gasteiger partial charge in [0.2, 0.25) is 0 Å². The van der Waals surface area contributed by atoms with Crippen molar-refractivity contribution in [2.75, 3.05) is 0 Å². The van der Waals surface area contributed by atoms with E-state index in [4.69, 9.17) is 0 Å². The predicted molar refractivity (Wildman–Crippen MR) is 56.4 cm³/mol. The zero-order valence-electron chi connectivity index (χ0n) is 8.60. The molecule has 0 aliphatic heterocycles. The van der Waals surface area contributed by atoms with Gasteiger partial charge in [0.05, 0.1) is 6.10 Å². The van der Waals surface area contributed by atoms with Gasteiger partial charge in [0, 0.05) is 12.3 Å². The minimum atomic E-state index is -0.282. The molecule has 1 N–H and O–H groups in total. The van der Waals surface area contributed by atoms with E-state index in [0.717, 1.165) is 10.8 Å². The predicted octanol–water partition coefficient (Wildman–Crippen LogP) is 1.97. The maximum absolute atomic E-state index is 9.68. The smallest absolute Gasteiger partial charge is 0.145 e. The van der Waals surface area contributed by atoms with Crippen molar-refractivity contribution in [1.29, 1.82) is 0 Å². The highest BCUT2D eigenvalue weighted by molar-refractivity contribution is 7.05. The Kier molecular flexibility index (Phi) is 2.83. The fourth-order valence-electron chi connectivity index (χ4n) is 1.27. The van der Waals surface area contributed by atoms with Crippen molar-refractivity contribution < 1.29 is 5.11 Å². The highest BCUT2D eigenvalue weighted by Crippen LogP contribution is 2.38. The molecule has 0 saturated heterocycles. The third kappa shape index (κ3) is 2.30. The molecule has 1 fully saturated rings. The van der Waals surface area contributed by atoms with E-state index in [2.05, 4.69) is 9.36 Å². The first-order valence-corrected chi connectivity index (χ1v) is 5.94. The van der Waals surface area contributed by atoms with Gasteiger partial charge in [-0.3, -0.25) is 0 Å². The lowest BCUT2D eigenvalue weighted by Crippen LogP contribution is -2.17. The van der Waals surface area contributed by atoms with Gasteiger partial charge in [0.25, 0.3) is 0 Å². The van der Waals surface area contributed by atoms with Gasteiger partial charge in [-0.2, -0.15) is 4.37 Å². The summed E-state index contributed by atoms with van der Waals surface area (Å²) in [5, 5.41) is 10.7. The van der Waals surface area contributed by atoms with Crippen LogP contribution in [0.1, 0.15) is 43.4 Å². The van der Waals surface area contributed by atoms with Gasteiger partial charge >= 0.3 is 0 Å². The van der Waals surface area contributed by atoms with E-state index in [0.29, 0.717) is 18.3 Å². The second-order valence-corrected chi connectivity index (χ2v) is 5.17. The van der Waals surface area contributed by atoms with E-state index in [9.17, 15) is 5.11 Å². The van der Waals surface area contributed by atoms with E-state index >= 15 is 0 Å². The number of aliphatic hydroxyl groups is 1. The molecule has 1 saturated carbocycles. The van der Waals surface area contributed by atoms with Crippen LogP contribution in [0.3, 0.4) is 0 Å². The molecule has 2 rings (SSSR count). The summed E-state index contributed by atoms with van der Waals surface area (Å²) in [6, 6.07) is 0. The van der Waals surface area contributed by atoms with Gasteiger partial charge < -0.3 is 5.11 Å². The fraction of sp³-hybridized carbons (Fsp3) is 0.800. The lowest BCUT2D eigenvalue weighted by molar-refractivity contribution is 0.125. The van der Waals surface area contributed by atoms with Crippen LogP contribution in [0.4, 0.5) is 0 Å². The Morgan fingerprint density at radius 3 is 2.79 bits per heavy atom. The molecule has 1 atom stereocenters. The zero-order valence-corrected chi connectivity index (χ0v) is 9.42. The molecule has 1 aromatic rings. The van der Waals surface area contributed by atoms with Crippen LogP contribution >= 0.6 is 11.5 Å². The summed E-state index contributed by atoms with van der Waals surface area (Å²) in [7, 11) is 0. The Bertz CT molecular complexity index is 307. The molecule has 0 amide bonds. The lowest BCUT2D eigenvalue weighted by atomic mass is 10.1. The van der Waals surface area contributed by atoms with Gasteiger partial charge in [-0.25, -0.2) is 4.98 Å². The Morgan fingerprint density at radius 1 is 1.50 bits per heavy atom. The third-order valence-electron chi connectivity index (χ3n) is 2.58. The average Bonchev–Trinajstić information content (AvgIpc) is 2.88. The fourth-order valence-corrected chi connectivity index (χ4v) is 2.04. The largest absolute Gasteiger partial charge is 0.392 e. The van der Waals surface area contributed by atoms with Gasteiger partial charge in [-0.05, 0) is 30.3 Å². The summed E-state index contributed by atoms with van der Waals surface area (Å²) >= 11 is 1.44. The van der Waals surface area contributed by atoms with Crippen LogP contribution < -0.4 is 0 Å². The molecule has 1 aliphatic rings. The molecule has 0 aromatic carbocycles. The monoisotopic (exact) mass is 212 g/mol. The first kappa shape index (κ1) is 10.1. The highest BCUT2D eigenvalue weighted by Gasteiger charge is 2.28. The molecule has 0 spiro atoms. The van der Waals surface area contributed by atoms with E-state index in [1.807, 2.05) is 13.8 Å². The molecule has 0 bridgehead atoms. The second kappa shape index (κ2) is 3.95. The molecule has 1 heterocycles. The summed E-state index contributed by atoms with van der Waals surface area (Å²) in [5.41, 5.74) is 0. The van der Waals surface area contributed by atoms with Gasteiger partial charge in [-0.15, -0.1) is 0 Å². The summed E-state index contributed by atoms with van der Waals surface area (Å²) in [6.45, 7) is 4.04. The molecule has 1 unspecified atom stereocenters. The van der Waals surface area contributed by atoms with Gasteiger partial charge in [0.1, 0.15) is 10.8 Å². The Balaban J connectivity index is 1.95. The van der Waals surface area contributed by atoms with E-state index < -0.39 is 0 Å². The Morgan fingerprint density at radius 2 is 2.21 bits per heavy atom. The first-order chi connectivity index (χ1) is 6.66. The maximum atomic E-state index is 9.68. The highest BCUT2D eigenvalue weighted by atomic mass is 32.1. The molecular weight excluding hydrogens is 196 g/mol. The first-order valence-electron chi connectivity index (χ1n) is 5.17. The molecule has 3 nitrogen and oxygen atoms in total. The molecule has 4 heteroatoms. The topological polar surface area (TPSA) is 46.0 Å². The number of hydrogen-bond acceptors (Lipinski definition) is 4. The van der Waals surface area contributed by atoms with Crippen LogP contribution in [0.25, 0.3) is 0 Å². The third-order valence-corrected chi connectivity index (χ3v) is 3.33. The summed E-state index contributed by atoms with van der Waals surface area (Å²) in [6.07, 6.45) is 2.85. The minimum absolute atomic E-state index is 0.282. The number of aliphatic hydroxyl groups excluding tert-OH is 1. The second-order valence-electron chi connectivity index (χ2n) is 4.34. The quantitative estimate of drug-likeness (QED) is 0.830. The number of hydrogen-bond donors (Lipinski definition) is 1. The summed E-state index contributed by atoms with van der Waals surface area (Å²) in [4.78, 5) is 4.44. The SMILES string of the molecule is CC(C)C(O)Cc1nc(C2CC2)ns1. The number of nitrogens with zero attached hydrogens (tertiary/aromatic N) is 2. The van der Waals surface area contributed by atoms with Crippen molar-refractivity contribution in [3.63, 3.8) is 0 Å². The van der Waals surface area contributed by atoms with E-state index in [1.165, 1.54) is 24.4 Å². The van der Waals surface area contributed by atoms with E-state index in [1.54, 1.807) is 0 Å². The molecule has 1 aromatic heterocycles. The molecule has 78 valence electrons. The number of aromatic nitrogens is 2. The van der Waals surface area contributed by atoms with Crippen molar-refractivity contribution in [1.82, 2.24) is 9.36 Å². The minimum Gasteiger partial charge on any atom is -0.392 e. The zero-order chi connectivity index (χ0) is 10.1. The van der Waals surface area contributed by atoms with Crippen LogP contribution in [0.15, 0.2) is 0 Å². The summed E-state index contributed by atoms with van der Waals surface area (Å²) < 4.78 is 4.31. The van der Waals surface area contributed by atoms with Crippen molar-refractivity contribution in [3.8, 4) is 0 Å². The van der Waals surface area contributed by atoms with Crippen LogP contribution in [-0.2, 0) is 6.42 Å². The molecule has 1 aliphatic carbocycles. The standard InChI is InChI=1S/C10H16N2OS/c1-6(2)8(13)5-9-11-10(12-14-9)7-3-4-7/h6-8,13H,3-5H2,1-2H3.